The van der Waals surface area contributed by atoms with E-state index in [1.807, 2.05) is 6.07 Å². The molecule has 0 saturated carbocycles. The van der Waals surface area contributed by atoms with Crippen LogP contribution < -0.4 is 0 Å². The number of nitriles is 1. The predicted octanol–water partition coefficient (Wildman–Crippen LogP) is 3.21. The molecule has 0 aromatic heterocycles. The van der Waals surface area contributed by atoms with Crippen LogP contribution in [0.2, 0.25) is 0 Å². The van der Waals surface area contributed by atoms with Crippen molar-refractivity contribution >= 4 is 18.6 Å². The highest BCUT2D eigenvalue weighted by Gasteiger charge is 2.08. The van der Waals surface area contributed by atoms with Gasteiger partial charge in [-0.2, -0.15) is 5.26 Å². The van der Waals surface area contributed by atoms with Gasteiger partial charge < -0.3 is 5.11 Å². The molecule has 2 aromatic rings. The first-order valence-corrected chi connectivity index (χ1v) is 5.63. The van der Waals surface area contributed by atoms with Crippen molar-refractivity contribution in [3.63, 3.8) is 0 Å². The third-order valence-electron chi connectivity index (χ3n) is 2.57. The quantitative estimate of drug-likeness (QED) is 0.810. The Balaban J connectivity index is 2.52. The van der Waals surface area contributed by atoms with E-state index < -0.39 is 5.97 Å². The maximum Gasteiger partial charge on any atom is 0.335 e. The van der Waals surface area contributed by atoms with Gasteiger partial charge in [0.1, 0.15) is 0 Å². The van der Waals surface area contributed by atoms with Crippen molar-refractivity contribution in [3.05, 3.63) is 53.6 Å². The summed E-state index contributed by atoms with van der Waals surface area (Å²) in [5.41, 5.74) is 2.35. The Morgan fingerprint density at radius 1 is 1.17 bits per heavy atom. The Kier molecular flexibility index (Phi) is 3.35. The lowest BCUT2D eigenvalue weighted by atomic mass is 10.0. The van der Waals surface area contributed by atoms with E-state index in [1.165, 1.54) is 6.07 Å². The van der Waals surface area contributed by atoms with Crippen LogP contribution in [0.1, 0.15) is 15.9 Å². The molecule has 0 atom stereocenters. The molecule has 2 rings (SSSR count). The van der Waals surface area contributed by atoms with Gasteiger partial charge in [0.25, 0.3) is 0 Å². The highest BCUT2D eigenvalue weighted by atomic mass is 32.1. The Bertz CT molecular complexity index is 642. The van der Waals surface area contributed by atoms with E-state index >= 15 is 0 Å². The molecule has 0 aliphatic carbocycles. The molecule has 4 heteroatoms. The molecular weight excluding hydrogens is 246 g/mol. The van der Waals surface area contributed by atoms with E-state index in [1.54, 1.807) is 36.4 Å². The summed E-state index contributed by atoms with van der Waals surface area (Å²) in [6.07, 6.45) is 0. The predicted molar refractivity (Wildman–Crippen MR) is 70.8 cm³/mol. The molecule has 0 fully saturated rings. The van der Waals surface area contributed by atoms with Crippen molar-refractivity contribution in [2.24, 2.45) is 0 Å². The summed E-state index contributed by atoms with van der Waals surface area (Å²) >= 11 is 4.32. The number of nitrogens with zero attached hydrogens (tertiary/aromatic N) is 1. The molecule has 3 nitrogen and oxygen atoms in total. The zero-order valence-corrected chi connectivity index (χ0v) is 10.2. The number of carboxylic acids is 1. The number of carboxylic acid groups (broad SMARTS) is 1. The number of aromatic carboxylic acids is 1. The minimum atomic E-state index is -0.974. The molecule has 0 amide bonds. The highest BCUT2D eigenvalue weighted by molar-refractivity contribution is 7.80. The van der Waals surface area contributed by atoms with Gasteiger partial charge in [0, 0.05) is 4.90 Å². The second-order valence-electron chi connectivity index (χ2n) is 3.73. The molecule has 0 bridgehead atoms. The van der Waals surface area contributed by atoms with Crippen molar-refractivity contribution in [2.45, 2.75) is 4.90 Å². The number of thiol groups is 1. The molecular formula is C14H9NO2S. The molecule has 0 radical (unpaired) electrons. The largest absolute Gasteiger partial charge is 0.478 e. The summed E-state index contributed by atoms with van der Waals surface area (Å²) < 4.78 is 0. The third-order valence-corrected chi connectivity index (χ3v) is 2.96. The van der Waals surface area contributed by atoms with Crippen LogP contribution in [0.4, 0.5) is 0 Å². The Morgan fingerprint density at radius 3 is 2.39 bits per heavy atom. The van der Waals surface area contributed by atoms with E-state index in [-0.39, 0.29) is 5.56 Å². The fourth-order valence-corrected chi connectivity index (χ4v) is 1.89. The van der Waals surface area contributed by atoms with E-state index in [0.717, 1.165) is 11.1 Å². The van der Waals surface area contributed by atoms with Crippen LogP contribution in [0.5, 0.6) is 0 Å². The summed E-state index contributed by atoms with van der Waals surface area (Å²) in [4.78, 5) is 11.6. The summed E-state index contributed by atoms with van der Waals surface area (Å²) in [6.45, 7) is 0. The van der Waals surface area contributed by atoms with Gasteiger partial charge >= 0.3 is 5.97 Å². The average molecular weight is 255 g/mol. The lowest BCUT2D eigenvalue weighted by Gasteiger charge is -2.06. The first kappa shape index (κ1) is 12.2. The van der Waals surface area contributed by atoms with Gasteiger partial charge in [-0.25, -0.2) is 4.79 Å². The first-order valence-electron chi connectivity index (χ1n) is 5.18. The van der Waals surface area contributed by atoms with Crippen LogP contribution >= 0.6 is 12.6 Å². The van der Waals surface area contributed by atoms with Crippen molar-refractivity contribution in [2.75, 3.05) is 0 Å². The fraction of sp³-hybridized carbons (Fsp3) is 0. The second kappa shape index (κ2) is 4.94. The van der Waals surface area contributed by atoms with E-state index in [4.69, 9.17) is 10.4 Å². The number of hydrogen-bond acceptors (Lipinski definition) is 3. The van der Waals surface area contributed by atoms with Gasteiger partial charge in [-0.05, 0) is 41.5 Å². The van der Waals surface area contributed by atoms with Gasteiger partial charge in [0.15, 0.2) is 0 Å². The maximum absolute atomic E-state index is 10.9. The molecule has 0 saturated heterocycles. The minimum absolute atomic E-state index is 0.215. The number of rotatable bonds is 2. The molecule has 0 unspecified atom stereocenters. The van der Waals surface area contributed by atoms with Crippen LogP contribution in [0.3, 0.4) is 0 Å². The van der Waals surface area contributed by atoms with Gasteiger partial charge in [-0.3, -0.25) is 0 Å². The monoisotopic (exact) mass is 255 g/mol. The smallest absolute Gasteiger partial charge is 0.335 e. The summed E-state index contributed by atoms with van der Waals surface area (Å²) in [6, 6.07) is 13.7. The molecule has 18 heavy (non-hydrogen) atoms. The van der Waals surface area contributed by atoms with E-state index in [9.17, 15) is 4.79 Å². The highest BCUT2D eigenvalue weighted by Crippen LogP contribution is 2.27. The lowest BCUT2D eigenvalue weighted by molar-refractivity contribution is 0.0697. The molecule has 0 heterocycles. The van der Waals surface area contributed by atoms with Crippen molar-refractivity contribution in [3.8, 4) is 17.2 Å². The zero-order chi connectivity index (χ0) is 13.1. The average Bonchev–Trinajstić information content (AvgIpc) is 2.39. The fourth-order valence-electron chi connectivity index (χ4n) is 1.62. The van der Waals surface area contributed by atoms with Crippen molar-refractivity contribution in [1.82, 2.24) is 0 Å². The molecule has 1 N–H and O–H groups in total. The number of benzene rings is 2. The number of carbonyl (C=O) groups is 1. The maximum atomic E-state index is 10.9. The minimum Gasteiger partial charge on any atom is -0.478 e. The normalized spacial score (nSPS) is 9.78. The summed E-state index contributed by atoms with van der Waals surface area (Å²) in [7, 11) is 0. The summed E-state index contributed by atoms with van der Waals surface area (Å²) in [5.74, 6) is -0.974. The van der Waals surface area contributed by atoms with Gasteiger partial charge in [-0.1, -0.05) is 12.1 Å². The molecule has 0 spiro atoms. The summed E-state index contributed by atoms with van der Waals surface area (Å²) in [5, 5.41) is 17.7. The van der Waals surface area contributed by atoms with Crippen molar-refractivity contribution in [1.29, 1.82) is 5.26 Å². The molecule has 88 valence electrons. The van der Waals surface area contributed by atoms with Crippen LogP contribution in [-0.2, 0) is 0 Å². The van der Waals surface area contributed by atoms with Crippen LogP contribution in [-0.4, -0.2) is 11.1 Å². The molecule has 0 aliphatic heterocycles. The third kappa shape index (κ3) is 2.36. The van der Waals surface area contributed by atoms with Gasteiger partial charge in [0.05, 0.1) is 17.2 Å². The Labute approximate surface area is 110 Å². The van der Waals surface area contributed by atoms with E-state index in [0.29, 0.717) is 10.5 Å². The first-order chi connectivity index (χ1) is 8.61. The van der Waals surface area contributed by atoms with Gasteiger partial charge in [-0.15, -0.1) is 12.6 Å². The number of hydrogen-bond donors (Lipinski definition) is 2. The second-order valence-corrected chi connectivity index (χ2v) is 4.21. The standard InChI is InChI=1S/C14H9NO2S/c15-8-9-1-3-10(4-2-9)12-7-11(14(16)17)5-6-13(12)18/h1-7,18H,(H,16,17). The van der Waals surface area contributed by atoms with Gasteiger partial charge in [0.2, 0.25) is 0 Å². The van der Waals surface area contributed by atoms with Crippen LogP contribution in [0.15, 0.2) is 47.4 Å². The molecule has 0 aliphatic rings. The SMILES string of the molecule is N#Cc1ccc(-c2cc(C(=O)O)ccc2S)cc1. The zero-order valence-electron chi connectivity index (χ0n) is 9.29. The van der Waals surface area contributed by atoms with Crippen LogP contribution in [0, 0.1) is 11.3 Å². The van der Waals surface area contributed by atoms with Crippen molar-refractivity contribution < 1.29 is 9.90 Å². The Morgan fingerprint density at radius 2 is 1.83 bits per heavy atom. The molecule has 2 aromatic carbocycles. The van der Waals surface area contributed by atoms with E-state index in [2.05, 4.69) is 12.6 Å². The topological polar surface area (TPSA) is 61.1 Å². The lowest BCUT2D eigenvalue weighted by Crippen LogP contribution is -1.96. The van der Waals surface area contributed by atoms with Crippen LogP contribution in [0.25, 0.3) is 11.1 Å². The Hall–Kier alpha value is -2.25.